The Morgan fingerprint density at radius 1 is 1.43 bits per heavy atom. The Hall–Kier alpha value is -0.0800. The first-order valence-electron chi connectivity index (χ1n) is 6.08. The van der Waals surface area contributed by atoms with Gasteiger partial charge in [-0.25, -0.2) is 0 Å². The highest BCUT2D eigenvalue weighted by Gasteiger charge is 2.42. The minimum atomic E-state index is 0.435. The maximum Gasteiger partial charge on any atom is 0.0673 e. The summed E-state index contributed by atoms with van der Waals surface area (Å²) in [6.45, 7) is 9.19. The molecular weight excluding hydrogens is 174 g/mol. The van der Waals surface area contributed by atoms with Crippen LogP contribution in [-0.2, 0) is 4.74 Å². The zero-order chi connectivity index (χ0) is 10.0. The van der Waals surface area contributed by atoms with Gasteiger partial charge in [0.1, 0.15) is 0 Å². The second-order valence-electron chi connectivity index (χ2n) is 5.12. The molecule has 2 heteroatoms. The smallest absolute Gasteiger partial charge is 0.0673 e. The minimum Gasteiger partial charge on any atom is -0.377 e. The summed E-state index contributed by atoms with van der Waals surface area (Å²) in [6.07, 6.45) is 5.91. The topological polar surface area (TPSA) is 12.5 Å². The van der Waals surface area contributed by atoms with E-state index in [1.807, 2.05) is 0 Å². The molecule has 1 heterocycles. The molecule has 0 aromatic rings. The minimum absolute atomic E-state index is 0.435. The van der Waals surface area contributed by atoms with E-state index >= 15 is 0 Å². The zero-order valence-electron chi connectivity index (χ0n) is 9.59. The summed E-state index contributed by atoms with van der Waals surface area (Å²) in [6, 6.07) is 0. The van der Waals surface area contributed by atoms with Crippen molar-refractivity contribution >= 4 is 0 Å². The van der Waals surface area contributed by atoms with Gasteiger partial charge >= 0.3 is 0 Å². The van der Waals surface area contributed by atoms with Gasteiger partial charge < -0.3 is 9.64 Å². The van der Waals surface area contributed by atoms with Crippen LogP contribution >= 0.6 is 0 Å². The second-order valence-corrected chi connectivity index (χ2v) is 5.12. The molecule has 0 radical (unpaired) electrons. The highest BCUT2D eigenvalue weighted by atomic mass is 16.5. The molecule has 82 valence electrons. The SMILES string of the molecule is CCC1(CN2CCCO[C@H](C)C2)CC1. The first kappa shape index (κ1) is 10.4. The van der Waals surface area contributed by atoms with Crippen LogP contribution in [0.25, 0.3) is 0 Å². The van der Waals surface area contributed by atoms with E-state index in [4.69, 9.17) is 4.74 Å². The summed E-state index contributed by atoms with van der Waals surface area (Å²) >= 11 is 0. The predicted molar refractivity (Wildman–Crippen MR) is 58.4 cm³/mol. The highest BCUT2D eigenvalue weighted by Crippen LogP contribution is 2.49. The lowest BCUT2D eigenvalue weighted by molar-refractivity contribution is 0.0646. The molecule has 1 atom stereocenters. The molecule has 1 saturated carbocycles. The number of hydrogen-bond acceptors (Lipinski definition) is 2. The van der Waals surface area contributed by atoms with Gasteiger partial charge in [0.15, 0.2) is 0 Å². The van der Waals surface area contributed by atoms with Gasteiger partial charge in [-0.15, -0.1) is 0 Å². The monoisotopic (exact) mass is 197 g/mol. The Labute approximate surface area is 87.6 Å². The Bertz CT molecular complexity index is 189. The summed E-state index contributed by atoms with van der Waals surface area (Å²) in [4.78, 5) is 2.62. The van der Waals surface area contributed by atoms with Crippen LogP contribution in [0, 0.1) is 5.41 Å². The molecule has 2 nitrogen and oxygen atoms in total. The summed E-state index contributed by atoms with van der Waals surface area (Å²) < 4.78 is 5.66. The van der Waals surface area contributed by atoms with E-state index in [1.54, 1.807) is 0 Å². The van der Waals surface area contributed by atoms with Crippen molar-refractivity contribution in [3.8, 4) is 0 Å². The number of ether oxygens (including phenoxy) is 1. The van der Waals surface area contributed by atoms with Crippen LogP contribution < -0.4 is 0 Å². The molecule has 14 heavy (non-hydrogen) atoms. The van der Waals surface area contributed by atoms with Crippen molar-refractivity contribution in [3.05, 3.63) is 0 Å². The summed E-state index contributed by atoms with van der Waals surface area (Å²) in [5.74, 6) is 0. The average Bonchev–Trinajstić information content (AvgIpc) is 2.94. The zero-order valence-corrected chi connectivity index (χ0v) is 9.59. The van der Waals surface area contributed by atoms with Gasteiger partial charge in [-0.3, -0.25) is 0 Å². The van der Waals surface area contributed by atoms with Crippen molar-refractivity contribution in [2.24, 2.45) is 5.41 Å². The number of hydrogen-bond donors (Lipinski definition) is 0. The predicted octanol–water partition coefficient (Wildman–Crippen LogP) is 2.29. The van der Waals surface area contributed by atoms with Crippen LogP contribution in [0.15, 0.2) is 0 Å². The van der Waals surface area contributed by atoms with Crippen LogP contribution in [-0.4, -0.2) is 37.2 Å². The lowest BCUT2D eigenvalue weighted by atomic mass is 10.0. The maximum atomic E-state index is 5.66. The Morgan fingerprint density at radius 2 is 2.21 bits per heavy atom. The first-order chi connectivity index (χ1) is 6.74. The second kappa shape index (κ2) is 4.19. The molecular formula is C12H23NO. The molecule has 1 saturated heterocycles. The van der Waals surface area contributed by atoms with Crippen LogP contribution in [0.5, 0.6) is 0 Å². The van der Waals surface area contributed by atoms with Crippen LogP contribution in [0.1, 0.15) is 39.5 Å². The molecule has 1 aliphatic heterocycles. The molecule has 0 amide bonds. The Kier molecular flexibility index (Phi) is 3.13. The molecule has 0 unspecified atom stereocenters. The van der Waals surface area contributed by atoms with Crippen LogP contribution in [0.3, 0.4) is 0 Å². The van der Waals surface area contributed by atoms with E-state index in [9.17, 15) is 0 Å². The normalized spacial score (nSPS) is 32.6. The molecule has 1 aliphatic carbocycles. The number of nitrogens with zero attached hydrogens (tertiary/aromatic N) is 1. The van der Waals surface area contributed by atoms with Crippen molar-refractivity contribution in [3.63, 3.8) is 0 Å². The van der Waals surface area contributed by atoms with E-state index < -0.39 is 0 Å². The van der Waals surface area contributed by atoms with Crippen molar-refractivity contribution in [1.29, 1.82) is 0 Å². The third-order valence-corrected chi connectivity index (χ3v) is 3.80. The summed E-state index contributed by atoms with van der Waals surface area (Å²) in [5.41, 5.74) is 0.698. The maximum absolute atomic E-state index is 5.66. The standard InChI is InChI=1S/C12H23NO/c1-3-12(5-6-12)10-13-7-4-8-14-11(2)9-13/h11H,3-10H2,1-2H3/t11-/m1/s1. The fourth-order valence-electron chi connectivity index (χ4n) is 2.50. The van der Waals surface area contributed by atoms with Gasteiger partial charge in [0.25, 0.3) is 0 Å². The van der Waals surface area contributed by atoms with Crippen LogP contribution in [0.4, 0.5) is 0 Å². The van der Waals surface area contributed by atoms with Gasteiger partial charge in [0, 0.05) is 26.2 Å². The quantitative estimate of drug-likeness (QED) is 0.688. The van der Waals surface area contributed by atoms with E-state index in [1.165, 1.54) is 38.8 Å². The van der Waals surface area contributed by atoms with Crippen LogP contribution in [0.2, 0.25) is 0 Å². The van der Waals surface area contributed by atoms with Gasteiger partial charge in [-0.05, 0) is 38.0 Å². The third-order valence-electron chi connectivity index (χ3n) is 3.80. The Balaban J connectivity index is 1.83. The van der Waals surface area contributed by atoms with E-state index in [0.717, 1.165) is 13.2 Å². The lowest BCUT2D eigenvalue weighted by Gasteiger charge is -2.26. The van der Waals surface area contributed by atoms with E-state index in [0.29, 0.717) is 11.5 Å². The fraction of sp³-hybridized carbons (Fsp3) is 1.00. The molecule has 0 N–H and O–H groups in total. The molecule has 0 aromatic heterocycles. The van der Waals surface area contributed by atoms with E-state index in [2.05, 4.69) is 18.7 Å². The van der Waals surface area contributed by atoms with Crippen molar-refractivity contribution in [2.75, 3.05) is 26.2 Å². The third kappa shape index (κ3) is 2.48. The molecule has 2 fully saturated rings. The summed E-state index contributed by atoms with van der Waals surface area (Å²) in [5, 5.41) is 0. The van der Waals surface area contributed by atoms with Crippen molar-refractivity contribution < 1.29 is 4.74 Å². The highest BCUT2D eigenvalue weighted by molar-refractivity contribution is 4.94. The molecule has 0 spiro atoms. The summed E-state index contributed by atoms with van der Waals surface area (Å²) in [7, 11) is 0. The first-order valence-corrected chi connectivity index (χ1v) is 6.08. The largest absolute Gasteiger partial charge is 0.377 e. The number of rotatable bonds is 3. The van der Waals surface area contributed by atoms with Crippen molar-refractivity contribution in [1.82, 2.24) is 4.90 Å². The van der Waals surface area contributed by atoms with Gasteiger partial charge in [-0.1, -0.05) is 6.92 Å². The molecule has 0 aromatic carbocycles. The molecule has 2 rings (SSSR count). The van der Waals surface area contributed by atoms with E-state index in [-0.39, 0.29) is 0 Å². The molecule has 0 bridgehead atoms. The Morgan fingerprint density at radius 3 is 2.86 bits per heavy atom. The lowest BCUT2D eigenvalue weighted by Crippen LogP contribution is -2.35. The van der Waals surface area contributed by atoms with Gasteiger partial charge in [0.2, 0.25) is 0 Å². The average molecular weight is 197 g/mol. The van der Waals surface area contributed by atoms with Crippen molar-refractivity contribution in [2.45, 2.75) is 45.6 Å². The van der Waals surface area contributed by atoms with Gasteiger partial charge in [-0.2, -0.15) is 0 Å². The molecule has 2 aliphatic rings. The van der Waals surface area contributed by atoms with Gasteiger partial charge in [0.05, 0.1) is 6.10 Å². The fourth-order valence-corrected chi connectivity index (χ4v) is 2.50.